The topological polar surface area (TPSA) is 109 Å². The van der Waals surface area contributed by atoms with Crippen LogP contribution in [0.25, 0.3) is 11.5 Å². The number of hydrogen-bond donors (Lipinski definition) is 1. The molecule has 0 aliphatic carbocycles. The fourth-order valence-electron chi connectivity index (χ4n) is 6.23. The second kappa shape index (κ2) is 10.6. The summed E-state index contributed by atoms with van der Waals surface area (Å²) in [6, 6.07) is 8.09. The Morgan fingerprint density at radius 1 is 1.15 bits per heavy atom. The monoisotopic (exact) mass is 576 g/mol. The minimum Gasteiger partial charge on any atom is -0.354 e. The van der Waals surface area contributed by atoms with Crippen LogP contribution < -0.4 is 14.5 Å². The van der Waals surface area contributed by atoms with Gasteiger partial charge in [0.1, 0.15) is 23.2 Å². The zero-order valence-electron chi connectivity index (χ0n) is 24.8. The Kier molecular flexibility index (Phi) is 7.22. The molecule has 1 amide bonds. The van der Waals surface area contributed by atoms with Crippen molar-refractivity contribution in [3.63, 3.8) is 0 Å². The van der Waals surface area contributed by atoms with Gasteiger partial charge in [-0.1, -0.05) is 13.0 Å². The molecule has 0 spiro atoms. The first kappa shape index (κ1) is 28.0. The van der Waals surface area contributed by atoms with Gasteiger partial charge in [0, 0.05) is 30.6 Å². The standard InChI is InChI=1S/C30H40N8O2S/c1-7-20-13-14-25-33-34-28(38(20)25)23-11-8-12-24(31-23)37-17-22-21(29(37)39)16-26(36-15-9-10-18(36)2)32-27(22)19(3)35-41(40)30(4,5)6/h8,11-12,16,18-20,35H,7,9-10,13-15,17H2,1-6H3/t18-,19+,20+,41-/m1/s1. The van der Waals surface area contributed by atoms with E-state index < -0.39 is 15.7 Å². The first-order chi connectivity index (χ1) is 19.6. The lowest BCUT2D eigenvalue weighted by Crippen LogP contribution is -2.36. The lowest BCUT2D eigenvalue weighted by Gasteiger charge is -2.26. The Labute approximate surface area is 244 Å². The predicted octanol–water partition coefficient (Wildman–Crippen LogP) is 4.89. The molecule has 3 aromatic heterocycles. The number of fused-ring (bicyclic) bond motifs is 2. The molecule has 3 aliphatic rings. The molecule has 3 aromatic rings. The normalized spacial score (nSPS) is 21.9. The van der Waals surface area contributed by atoms with Gasteiger partial charge in [0.25, 0.3) is 5.91 Å². The smallest absolute Gasteiger partial charge is 0.260 e. The van der Waals surface area contributed by atoms with Gasteiger partial charge in [-0.3, -0.25) is 9.69 Å². The summed E-state index contributed by atoms with van der Waals surface area (Å²) in [6.45, 7) is 13.5. The number of carbonyl (C=O) groups excluding carboxylic acids is 1. The lowest BCUT2D eigenvalue weighted by atomic mass is 10.0. The Hall–Kier alpha value is -3.18. The van der Waals surface area contributed by atoms with E-state index in [4.69, 9.17) is 9.97 Å². The first-order valence-corrected chi connectivity index (χ1v) is 15.9. The molecule has 4 atom stereocenters. The van der Waals surface area contributed by atoms with Crippen LogP contribution in [0.3, 0.4) is 0 Å². The van der Waals surface area contributed by atoms with Crippen LogP contribution in [-0.4, -0.2) is 52.2 Å². The van der Waals surface area contributed by atoms with Crippen LogP contribution in [0.15, 0.2) is 24.3 Å². The maximum atomic E-state index is 14.0. The van der Waals surface area contributed by atoms with Crippen molar-refractivity contribution in [3.8, 4) is 11.5 Å². The van der Waals surface area contributed by atoms with E-state index in [1.165, 1.54) is 0 Å². The van der Waals surface area contributed by atoms with E-state index in [2.05, 4.69) is 38.2 Å². The van der Waals surface area contributed by atoms with E-state index in [1.54, 1.807) is 4.90 Å². The van der Waals surface area contributed by atoms with Gasteiger partial charge >= 0.3 is 0 Å². The summed E-state index contributed by atoms with van der Waals surface area (Å²) in [5.74, 6) is 3.04. The van der Waals surface area contributed by atoms with Crippen molar-refractivity contribution in [2.24, 2.45) is 0 Å². The SMILES string of the molecule is CC[C@H]1CCc2nnc(-c3cccc(N4Cc5c(cc(N6CCC[C@H]6C)nc5[C@H](C)N[S@](=O)C(C)(C)C)C4=O)n3)n21. The van der Waals surface area contributed by atoms with Crippen molar-refractivity contribution in [2.75, 3.05) is 16.3 Å². The zero-order valence-corrected chi connectivity index (χ0v) is 25.7. The van der Waals surface area contributed by atoms with Crippen molar-refractivity contribution in [2.45, 2.75) is 103 Å². The van der Waals surface area contributed by atoms with Crippen LogP contribution in [0.4, 0.5) is 11.6 Å². The van der Waals surface area contributed by atoms with Crippen LogP contribution in [0.1, 0.15) is 107 Å². The van der Waals surface area contributed by atoms with Gasteiger partial charge in [-0.2, -0.15) is 0 Å². The maximum absolute atomic E-state index is 14.0. The number of nitrogens with one attached hydrogen (secondary N) is 1. The Balaban J connectivity index is 1.37. The molecule has 6 rings (SSSR count). The molecule has 0 aromatic carbocycles. The van der Waals surface area contributed by atoms with Crippen LogP contribution in [0.5, 0.6) is 0 Å². The van der Waals surface area contributed by atoms with Crippen molar-refractivity contribution >= 4 is 28.5 Å². The van der Waals surface area contributed by atoms with Gasteiger partial charge in [-0.15, -0.1) is 10.2 Å². The quantitative estimate of drug-likeness (QED) is 0.426. The third-order valence-corrected chi connectivity index (χ3v) is 10.3. The molecule has 10 nitrogen and oxygen atoms in total. The summed E-state index contributed by atoms with van der Waals surface area (Å²) in [4.78, 5) is 28.0. The minimum atomic E-state index is -1.29. The summed E-state index contributed by atoms with van der Waals surface area (Å²) < 4.78 is 18.1. The zero-order chi connectivity index (χ0) is 29.1. The molecule has 0 radical (unpaired) electrons. The third kappa shape index (κ3) is 4.97. The number of aryl methyl sites for hydroxylation is 1. The Bertz CT molecular complexity index is 1510. The summed E-state index contributed by atoms with van der Waals surface area (Å²) in [6.07, 6.45) is 5.19. The first-order valence-electron chi connectivity index (χ1n) is 14.8. The molecular weight excluding hydrogens is 536 g/mol. The second-order valence-corrected chi connectivity index (χ2v) is 14.5. The molecule has 1 saturated heterocycles. The lowest BCUT2D eigenvalue weighted by molar-refractivity contribution is 0.0996. The molecule has 0 unspecified atom stereocenters. The van der Waals surface area contributed by atoms with Crippen LogP contribution in [0, 0.1) is 0 Å². The number of nitrogens with zero attached hydrogens (tertiary/aromatic N) is 7. The fourth-order valence-corrected chi connectivity index (χ4v) is 7.02. The van der Waals surface area contributed by atoms with Crippen molar-refractivity contribution in [3.05, 3.63) is 46.9 Å². The van der Waals surface area contributed by atoms with Gasteiger partial charge in [0.05, 0.1) is 39.6 Å². The third-order valence-electron chi connectivity index (χ3n) is 8.58. The fraction of sp³-hybridized carbons (Fsp3) is 0.567. The molecule has 0 saturated carbocycles. The van der Waals surface area contributed by atoms with E-state index in [0.717, 1.165) is 67.4 Å². The average molecular weight is 577 g/mol. The van der Waals surface area contributed by atoms with Gasteiger partial charge < -0.3 is 9.47 Å². The number of amides is 1. The molecule has 11 heteroatoms. The molecule has 1 fully saturated rings. The van der Waals surface area contributed by atoms with E-state index in [0.29, 0.717) is 35.7 Å². The molecule has 41 heavy (non-hydrogen) atoms. The molecule has 1 N–H and O–H groups in total. The summed E-state index contributed by atoms with van der Waals surface area (Å²) in [5.41, 5.74) is 2.98. The van der Waals surface area contributed by atoms with Crippen molar-refractivity contribution < 1.29 is 9.00 Å². The van der Waals surface area contributed by atoms with Gasteiger partial charge in [0.2, 0.25) is 0 Å². The van der Waals surface area contributed by atoms with Gasteiger partial charge in [-0.05, 0) is 78.5 Å². The van der Waals surface area contributed by atoms with E-state index in [-0.39, 0.29) is 11.9 Å². The average Bonchev–Trinajstić information content (AvgIpc) is 3.72. The number of anilines is 2. The van der Waals surface area contributed by atoms with Crippen LogP contribution >= 0.6 is 0 Å². The highest BCUT2D eigenvalue weighted by atomic mass is 32.2. The summed E-state index contributed by atoms with van der Waals surface area (Å²) >= 11 is 0. The number of rotatable bonds is 7. The summed E-state index contributed by atoms with van der Waals surface area (Å²) in [7, 11) is -1.29. The Morgan fingerprint density at radius 2 is 1.95 bits per heavy atom. The molecule has 0 bridgehead atoms. The highest BCUT2D eigenvalue weighted by Gasteiger charge is 2.37. The number of carbonyl (C=O) groups is 1. The summed E-state index contributed by atoms with van der Waals surface area (Å²) in [5, 5.41) is 8.89. The molecule has 6 heterocycles. The molecule has 218 valence electrons. The largest absolute Gasteiger partial charge is 0.354 e. The highest BCUT2D eigenvalue weighted by molar-refractivity contribution is 7.84. The van der Waals surface area contributed by atoms with Crippen LogP contribution in [0.2, 0.25) is 0 Å². The van der Waals surface area contributed by atoms with E-state index in [1.807, 2.05) is 52.0 Å². The van der Waals surface area contributed by atoms with Crippen molar-refractivity contribution in [1.82, 2.24) is 29.5 Å². The number of hydrogen-bond acceptors (Lipinski definition) is 7. The molecular formula is C30H40N8O2S. The highest BCUT2D eigenvalue weighted by Crippen LogP contribution is 2.37. The predicted molar refractivity (Wildman–Crippen MR) is 161 cm³/mol. The van der Waals surface area contributed by atoms with E-state index in [9.17, 15) is 9.00 Å². The maximum Gasteiger partial charge on any atom is 0.260 e. The second-order valence-electron chi connectivity index (χ2n) is 12.5. The van der Waals surface area contributed by atoms with Crippen LogP contribution in [-0.2, 0) is 24.0 Å². The number of pyridine rings is 2. The van der Waals surface area contributed by atoms with Gasteiger partial charge in [0.15, 0.2) is 5.82 Å². The van der Waals surface area contributed by atoms with E-state index >= 15 is 0 Å². The Morgan fingerprint density at radius 3 is 2.66 bits per heavy atom. The van der Waals surface area contributed by atoms with Crippen molar-refractivity contribution in [1.29, 1.82) is 0 Å². The molecule has 3 aliphatic heterocycles. The number of aromatic nitrogens is 5. The minimum absolute atomic E-state index is 0.0940. The van der Waals surface area contributed by atoms with Gasteiger partial charge in [-0.25, -0.2) is 18.9 Å².